The zero-order valence-electron chi connectivity index (χ0n) is 11.5. The van der Waals surface area contributed by atoms with Gasteiger partial charge in [0.2, 0.25) is 0 Å². The Hall–Kier alpha value is -3.21. The van der Waals surface area contributed by atoms with E-state index in [4.69, 9.17) is 0 Å². The molecule has 3 rings (SSSR count). The van der Waals surface area contributed by atoms with Crippen LogP contribution in [0.3, 0.4) is 0 Å². The Labute approximate surface area is 126 Å². The molecule has 3 aromatic heterocycles. The molecule has 0 N–H and O–H groups in total. The predicted molar refractivity (Wildman–Crippen MR) is 81.5 cm³/mol. The molecular weight excluding hydrogens is 278 g/mol. The van der Waals surface area contributed by atoms with E-state index in [2.05, 4.69) is 15.0 Å². The highest BCUT2D eigenvalue weighted by molar-refractivity contribution is 5.98. The van der Waals surface area contributed by atoms with Crippen LogP contribution in [0.5, 0.6) is 0 Å². The molecule has 0 atom stereocenters. The van der Waals surface area contributed by atoms with Crippen molar-refractivity contribution in [1.29, 1.82) is 0 Å². The topological polar surface area (TPSA) is 72.8 Å². The molecule has 5 heteroatoms. The first-order valence-electron chi connectivity index (χ1n) is 6.60. The molecule has 3 heterocycles. The Balaban J connectivity index is 2.31. The number of carbonyl (C=O) groups excluding carboxylic acids is 2. The van der Waals surface area contributed by atoms with Crippen molar-refractivity contribution in [3.8, 4) is 22.4 Å². The Morgan fingerprint density at radius 1 is 0.864 bits per heavy atom. The lowest BCUT2D eigenvalue weighted by molar-refractivity contribution is 0.111. The first-order chi connectivity index (χ1) is 10.8. The van der Waals surface area contributed by atoms with Gasteiger partial charge in [0, 0.05) is 47.0 Å². The molecule has 106 valence electrons. The number of pyridine rings is 3. The fourth-order valence-corrected chi connectivity index (χ4v) is 2.31. The minimum atomic E-state index is 0.211. The zero-order chi connectivity index (χ0) is 15.4. The Kier molecular flexibility index (Phi) is 3.78. The van der Waals surface area contributed by atoms with Crippen molar-refractivity contribution in [2.45, 2.75) is 0 Å². The number of nitrogens with zero attached hydrogens (tertiary/aromatic N) is 3. The van der Waals surface area contributed by atoms with E-state index in [1.807, 2.05) is 12.1 Å². The maximum Gasteiger partial charge on any atom is 0.169 e. The number of aldehydes is 2. The molecule has 0 saturated carbocycles. The number of hydrogen-bond acceptors (Lipinski definition) is 5. The lowest BCUT2D eigenvalue weighted by atomic mass is 9.95. The van der Waals surface area contributed by atoms with Crippen LogP contribution in [0.25, 0.3) is 22.4 Å². The molecule has 0 amide bonds. The largest absolute Gasteiger partial charge is 0.298 e. The van der Waals surface area contributed by atoms with Gasteiger partial charge in [-0.25, -0.2) is 0 Å². The van der Waals surface area contributed by atoms with Crippen molar-refractivity contribution in [2.75, 3.05) is 0 Å². The lowest BCUT2D eigenvalue weighted by Gasteiger charge is -2.11. The second-order valence-electron chi connectivity index (χ2n) is 4.54. The zero-order valence-corrected chi connectivity index (χ0v) is 11.5. The van der Waals surface area contributed by atoms with Crippen molar-refractivity contribution in [1.82, 2.24) is 15.0 Å². The van der Waals surface area contributed by atoms with E-state index >= 15 is 0 Å². The van der Waals surface area contributed by atoms with E-state index in [1.165, 1.54) is 6.20 Å². The van der Waals surface area contributed by atoms with Gasteiger partial charge in [-0.1, -0.05) is 6.07 Å². The number of aromatic nitrogens is 3. The van der Waals surface area contributed by atoms with Gasteiger partial charge < -0.3 is 0 Å². The molecule has 3 aromatic rings. The van der Waals surface area contributed by atoms with Gasteiger partial charge in [0.05, 0.1) is 5.69 Å². The quantitative estimate of drug-likeness (QED) is 0.690. The van der Waals surface area contributed by atoms with Crippen molar-refractivity contribution < 1.29 is 9.59 Å². The maximum absolute atomic E-state index is 11.3. The molecule has 5 nitrogen and oxygen atoms in total. The minimum Gasteiger partial charge on any atom is -0.298 e. The molecule has 0 aliphatic rings. The van der Waals surface area contributed by atoms with Crippen molar-refractivity contribution in [3.63, 3.8) is 0 Å². The van der Waals surface area contributed by atoms with E-state index in [9.17, 15) is 9.59 Å². The third-order valence-electron chi connectivity index (χ3n) is 3.26. The summed E-state index contributed by atoms with van der Waals surface area (Å²) in [6.45, 7) is 0. The Morgan fingerprint density at radius 2 is 1.73 bits per heavy atom. The highest BCUT2D eigenvalue weighted by Gasteiger charge is 2.16. The summed E-state index contributed by atoms with van der Waals surface area (Å²) >= 11 is 0. The van der Waals surface area contributed by atoms with Crippen molar-refractivity contribution in [2.24, 2.45) is 0 Å². The fraction of sp³-hybridized carbons (Fsp3) is 0. The van der Waals surface area contributed by atoms with Crippen molar-refractivity contribution in [3.05, 3.63) is 66.4 Å². The summed E-state index contributed by atoms with van der Waals surface area (Å²) in [7, 11) is 0. The van der Waals surface area contributed by atoms with Crippen LogP contribution >= 0.6 is 0 Å². The van der Waals surface area contributed by atoms with E-state index in [0.29, 0.717) is 35.0 Å². The normalized spacial score (nSPS) is 10.2. The number of rotatable bonds is 4. The molecule has 0 aliphatic heterocycles. The minimum absolute atomic E-state index is 0.211. The first kappa shape index (κ1) is 13.8. The molecular formula is C17H11N3O2. The van der Waals surface area contributed by atoms with Gasteiger partial charge in [0.1, 0.15) is 5.69 Å². The average molecular weight is 289 g/mol. The monoisotopic (exact) mass is 289 g/mol. The van der Waals surface area contributed by atoms with Gasteiger partial charge >= 0.3 is 0 Å². The summed E-state index contributed by atoms with van der Waals surface area (Å²) in [6.07, 6.45) is 7.81. The maximum atomic E-state index is 11.3. The Morgan fingerprint density at radius 3 is 2.45 bits per heavy atom. The molecule has 0 saturated heterocycles. The molecule has 0 aliphatic carbocycles. The first-order valence-corrected chi connectivity index (χ1v) is 6.60. The highest BCUT2D eigenvalue weighted by Crippen LogP contribution is 2.32. The molecule has 0 spiro atoms. The van der Waals surface area contributed by atoms with Gasteiger partial charge in [-0.2, -0.15) is 0 Å². The molecule has 0 bridgehead atoms. The second kappa shape index (κ2) is 6.05. The molecule has 0 radical (unpaired) electrons. The molecule has 0 fully saturated rings. The van der Waals surface area contributed by atoms with Crippen LogP contribution in [0, 0.1) is 0 Å². The summed E-state index contributed by atoms with van der Waals surface area (Å²) in [5, 5.41) is 0. The van der Waals surface area contributed by atoms with E-state index in [-0.39, 0.29) is 5.69 Å². The van der Waals surface area contributed by atoms with Gasteiger partial charge in [-0.3, -0.25) is 24.5 Å². The van der Waals surface area contributed by atoms with Crippen LogP contribution in [-0.2, 0) is 0 Å². The molecule has 0 unspecified atom stereocenters. The molecule has 0 aromatic carbocycles. The van der Waals surface area contributed by atoms with E-state index in [0.717, 1.165) is 5.56 Å². The second-order valence-corrected chi connectivity index (χ2v) is 4.54. The third kappa shape index (κ3) is 2.40. The van der Waals surface area contributed by atoms with E-state index in [1.54, 1.807) is 36.8 Å². The highest BCUT2D eigenvalue weighted by atomic mass is 16.1. The summed E-state index contributed by atoms with van der Waals surface area (Å²) in [6, 6.07) is 8.82. The fourth-order valence-electron chi connectivity index (χ4n) is 2.31. The summed E-state index contributed by atoms with van der Waals surface area (Å²) in [4.78, 5) is 35.2. The molecule has 22 heavy (non-hydrogen) atoms. The van der Waals surface area contributed by atoms with Crippen LogP contribution in [0.2, 0.25) is 0 Å². The van der Waals surface area contributed by atoms with Crippen LogP contribution in [-0.4, -0.2) is 27.5 Å². The summed E-state index contributed by atoms with van der Waals surface area (Å²) in [5.74, 6) is 0. The van der Waals surface area contributed by atoms with E-state index < -0.39 is 0 Å². The van der Waals surface area contributed by atoms with Crippen LogP contribution < -0.4 is 0 Å². The van der Waals surface area contributed by atoms with Gasteiger partial charge in [0.25, 0.3) is 0 Å². The van der Waals surface area contributed by atoms with Gasteiger partial charge in [0.15, 0.2) is 12.6 Å². The summed E-state index contributed by atoms with van der Waals surface area (Å²) in [5.41, 5.74) is 3.22. The lowest BCUT2D eigenvalue weighted by Crippen LogP contribution is -2.00. The van der Waals surface area contributed by atoms with Crippen LogP contribution in [0.4, 0.5) is 0 Å². The third-order valence-corrected chi connectivity index (χ3v) is 3.26. The predicted octanol–water partition coefficient (Wildman–Crippen LogP) is 2.83. The van der Waals surface area contributed by atoms with Gasteiger partial charge in [-0.15, -0.1) is 0 Å². The van der Waals surface area contributed by atoms with Crippen LogP contribution in [0.15, 0.2) is 55.1 Å². The van der Waals surface area contributed by atoms with Gasteiger partial charge in [-0.05, 0) is 24.3 Å². The SMILES string of the molecule is O=Cc1ccnc(C=O)c1-c1cccnc1-c1cccnc1. The van der Waals surface area contributed by atoms with Crippen LogP contribution in [0.1, 0.15) is 20.8 Å². The van der Waals surface area contributed by atoms with Crippen molar-refractivity contribution >= 4 is 12.6 Å². The average Bonchev–Trinajstić information content (AvgIpc) is 2.61. The number of carbonyl (C=O) groups is 2. The summed E-state index contributed by atoms with van der Waals surface area (Å²) < 4.78 is 0. The smallest absolute Gasteiger partial charge is 0.169 e. The Bertz CT molecular complexity index is 806. The standard InChI is InChI=1S/C17H11N3O2/c21-10-13-5-8-19-15(11-22)16(13)14-4-2-7-20-17(14)12-3-1-6-18-9-12/h1-11H. The number of hydrogen-bond donors (Lipinski definition) is 0.